The molecule has 0 aromatic heterocycles. The highest BCUT2D eigenvalue weighted by Gasteiger charge is 2.33. The largest absolute Gasteiger partial charge is 0.573 e. The van der Waals surface area contributed by atoms with E-state index in [9.17, 15) is 13.2 Å². The van der Waals surface area contributed by atoms with Crippen LogP contribution < -0.4 is 10.5 Å². The monoisotopic (exact) mass is 291 g/mol. The zero-order valence-corrected chi connectivity index (χ0v) is 11.6. The van der Waals surface area contributed by atoms with Gasteiger partial charge in [-0.1, -0.05) is 31.5 Å². The van der Waals surface area contributed by atoms with Crippen molar-refractivity contribution in [2.45, 2.75) is 45.2 Å². The van der Waals surface area contributed by atoms with E-state index in [4.69, 9.17) is 10.5 Å². The van der Waals surface area contributed by atoms with E-state index in [1.807, 2.05) is 13.8 Å². The molecule has 0 aliphatic heterocycles. The Kier molecular flexibility index (Phi) is 6.29. The molecule has 1 aromatic rings. The summed E-state index contributed by atoms with van der Waals surface area (Å²) in [6.07, 6.45) is -3.56. The number of nitrogens with two attached hydrogens (primary N) is 1. The lowest BCUT2D eigenvalue weighted by Gasteiger charge is -2.25. The van der Waals surface area contributed by atoms with E-state index in [0.29, 0.717) is 18.6 Å². The molecule has 1 aromatic carbocycles. The van der Waals surface area contributed by atoms with Gasteiger partial charge >= 0.3 is 6.36 Å². The normalized spacial score (nSPS) is 14.9. The third-order valence-corrected chi connectivity index (χ3v) is 2.86. The smallest absolute Gasteiger partial charge is 0.405 e. The summed E-state index contributed by atoms with van der Waals surface area (Å²) in [5.41, 5.74) is 6.36. The van der Waals surface area contributed by atoms with Crippen LogP contribution in [0.5, 0.6) is 5.75 Å². The highest BCUT2D eigenvalue weighted by molar-refractivity contribution is 5.36. The number of ether oxygens (including phenoxy) is 2. The number of hydrogen-bond acceptors (Lipinski definition) is 3. The molecule has 0 fully saturated rings. The summed E-state index contributed by atoms with van der Waals surface area (Å²) in [5.74, 6) is -0.270. The minimum absolute atomic E-state index is 0.270. The third kappa shape index (κ3) is 5.02. The van der Waals surface area contributed by atoms with Crippen LogP contribution in [-0.4, -0.2) is 19.1 Å². The minimum atomic E-state index is -4.73. The van der Waals surface area contributed by atoms with Crippen molar-refractivity contribution in [3.8, 4) is 5.75 Å². The molecule has 0 heterocycles. The summed E-state index contributed by atoms with van der Waals surface area (Å²) in [6, 6.07) is 5.25. The van der Waals surface area contributed by atoms with E-state index < -0.39 is 12.4 Å². The Bertz CT molecular complexity index is 404. The maximum atomic E-state index is 12.4. The highest BCUT2D eigenvalue weighted by Crippen LogP contribution is 2.32. The minimum Gasteiger partial charge on any atom is -0.405 e. The molecule has 2 N–H and O–H groups in total. The molecule has 0 aliphatic carbocycles. The van der Waals surface area contributed by atoms with Gasteiger partial charge in [0.25, 0.3) is 0 Å². The number of benzene rings is 1. The molecular weight excluding hydrogens is 271 g/mol. The molecule has 20 heavy (non-hydrogen) atoms. The van der Waals surface area contributed by atoms with Crippen LogP contribution in [0.15, 0.2) is 24.3 Å². The van der Waals surface area contributed by atoms with E-state index >= 15 is 0 Å². The van der Waals surface area contributed by atoms with Crippen molar-refractivity contribution >= 4 is 0 Å². The van der Waals surface area contributed by atoms with Crippen LogP contribution in [0.3, 0.4) is 0 Å². The molecule has 6 heteroatoms. The van der Waals surface area contributed by atoms with E-state index in [0.717, 1.165) is 6.42 Å². The molecule has 0 aliphatic rings. The van der Waals surface area contributed by atoms with Crippen LogP contribution in [-0.2, 0) is 4.74 Å². The second-order valence-electron chi connectivity index (χ2n) is 4.39. The van der Waals surface area contributed by atoms with Crippen LogP contribution >= 0.6 is 0 Å². The Hall–Kier alpha value is -1.27. The maximum absolute atomic E-state index is 12.4. The fourth-order valence-corrected chi connectivity index (χ4v) is 2.04. The van der Waals surface area contributed by atoms with Gasteiger partial charge in [0.2, 0.25) is 0 Å². The lowest BCUT2D eigenvalue weighted by atomic mass is 9.98. The van der Waals surface area contributed by atoms with Gasteiger partial charge in [-0.2, -0.15) is 0 Å². The van der Waals surface area contributed by atoms with E-state index in [1.54, 1.807) is 6.07 Å². The molecule has 0 saturated heterocycles. The Labute approximate surface area is 116 Å². The van der Waals surface area contributed by atoms with E-state index in [-0.39, 0.29) is 11.9 Å². The van der Waals surface area contributed by atoms with Gasteiger partial charge in [0.15, 0.2) is 0 Å². The molecule has 0 amide bonds. The van der Waals surface area contributed by atoms with E-state index in [1.165, 1.54) is 18.2 Å². The summed E-state index contributed by atoms with van der Waals surface area (Å²) in [4.78, 5) is 0. The summed E-state index contributed by atoms with van der Waals surface area (Å²) < 4.78 is 46.7. The van der Waals surface area contributed by atoms with Gasteiger partial charge in [-0.15, -0.1) is 13.2 Å². The first-order valence-corrected chi connectivity index (χ1v) is 6.60. The van der Waals surface area contributed by atoms with Crippen molar-refractivity contribution in [2.24, 2.45) is 5.73 Å². The Morgan fingerprint density at radius 2 is 1.85 bits per heavy atom. The second kappa shape index (κ2) is 7.50. The fourth-order valence-electron chi connectivity index (χ4n) is 2.04. The maximum Gasteiger partial charge on any atom is 0.573 e. The molecule has 0 spiro atoms. The van der Waals surface area contributed by atoms with Gasteiger partial charge in [0.05, 0.1) is 12.1 Å². The zero-order chi connectivity index (χ0) is 15.2. The molecule has 2 atom stereocenters. The lowest BCUT2D eigenvalue weighted by molar-refractivity contribution is -0.275. The number of hydrogen-bond donors (Lipinski definition) is 1. The van der Waals surface area contributed by atoms with Crippen molar-refractivity contribution in [2.75, 3.05) is 6.61 Å². The molecule has 3 nitrogen and oxygen atoms in total. The van der Waals surface area contributed by atoms with Crippen LogP contribution in [0.2, 0.25) is 0 Å². The molecule has 114 valence electrons. The van der Waals surface area contributed by atoms with Gasteiger partial charge in [0.1, 0.15) is 5.75 Å². The van der Waals surface area contributed by atoms with Crippen LogP contribution in [0.1, 0.15) is 38.3 Å². The molecule has 2 unspecified atom stereocenters. The average Bonchev–Trinajstić information content (AvgIpc) is 2.36. The van der Waals surface area contributed by atoms with Crippen LogP contribution in [0.4, 0.5) is 13.2 Å². The number of alkyl halides is 3. The molecular formula is C14H20F3NO2. The standard InChI is InChI=1S/C14H20F3NO2/c1-3-7-12(19-4-2)13(18)10-8-5-6-9-11(10)20-14(15,16)17/h5-6,8-9,12-13H,3-4,7,18H2,1-2H3. The zero-order valence-electron chi connectivity index (χ0n) is 11.6. The number of halogens is 3. The molecule has 0 bridgehead atoms. The Balaban J connectivity index is 2.98. The average molecular weight is 291 g/mol. The first-order valence-electron chi connectivity index (χ1n) is 6.60. The van der Waals surface area contributed by atoms with Crippen LogP contribution in [0, 0.1) is 0 Å². The SMILES string of the molecule is CCCC(OCC)C(N)c1ccccc1OC(F)(F)F. The first kappa shape index (κ1) is 16.8. The lowest BCUT2D eigenvalue weighted by Crippen LogP contribution is -2.30. The summed E-state index contributed by atoms with van der Waals surface area (Å²) >= 11 is 0. The third-order valence-electron chi connectivity index (χ3n) is 2.86. The van der Waals surface area contributed by atoms with Gasteiger partial charge in [-0.05, 0) is 19.4 Å². The van der Waals surface area contributed by atoms with Crippen molar-refractivity contribution in [1.29, 1.82) is 0 Å². The predicted octanol–water partition coefficient (Wildman–Crippen LogP) is 3.79. The fraction of sp³-hybridized carbons (Fsp3) is 0.571. The van der Waals surface area contributed by atoms with Crippen molar-refractivity contribution in [3.05, 3.63) is 29.8 Å². The summed E-state index contributed by atoms with van der Waals surface area (Å²) in [7, 11) is 0. The summed E-state index contributed by atoms with van der Waals surface area (Å²) in [5, 5.41) is 0. The van der Waals surface area contributed by atoms with Crippen LogP contribution in [0.25, 0.3) is 0 Å². The molecule has 0 radical (unpaired) electrons. The second-order valence-corrected chi connectivity index (χ2v) is 4.39. The highest BCUT2D eigenvalue weighted by atomic mass is 19.4. The number of rotatable bonds is 7. The Morgan fingerprint density at radius 1 is 1.20 bits per heavy atom. The Morgan fingerprint density at radius 3 is 2.40 bits per heavy atom. The molecule has 0 saturated carbocycles. The van der Waals surface area contributed by atoms with Gasteiger partial charge in [-0.25, -0.2) is 0 Å². The van der Waals surface area contributed by atoms with Crippen molar-refractivity contribution in [3.63, 3.8) is 0 Å². The quantitative estimate of drug-likeness (QED) is 0.831. The first-order chi connectivity index (χ1) is 9.39. The van der Waals surface area contributed by atoms with E-state index in [2.05, 4.69) is 4.74 Å². The number of para-hydroxylation sites is 1. The molecule has 1 rings (SSSR count). The topological polar surface area (TPSA) is 44.5 Å². The van der Waals surface area contributed by atoms with Crippen molar-refractivity contribution in [1.82, 2.24) is 0 Å². The predicted molar refractivity (Wildman–Crippen MR) is 70.4 cm³/mol. The van der Waals surface area contributed by atoms with Gasteiger partial charge < -0.3 is 15.2 Å². The van der Waals surface area contributed by atoms with Gasteiger partial charge in [0, 0.05) is 12.2 Å². The van der Waals surface area contributed by atoms with Gasteiger partial charge in [-0.3, -0.25) is 0 Å². The van der Waals surface area contributed by atoms with Crippen molar-refractivity contribution < 1.29 is 22.6 Å². The summed E-state index contributed by atoms with van der Waals surface area (Å²) in [6.45, 7) is 4.25.